The van der Waals surface area contributed by atoms with E-state index in [0.29, 0.717) is 35.8 Å². The molecule has 2 unspecified atom stereocenters. The number of rotatable bonds is 10. The van der Waals surface area contributed by atoms with Crippen molar-refractivity contribution in [3.05, 3.63) is 36.1 Å². The van der Waals surface area contributed by atoms with Crippen molar-refractivity contribution in [2.45, 2.75) is 94.0 Å². The molecule has 1 aromatic heterocycles. The van der Waals surface area contributed by atoms with E-state index < -0.39 is 5.41 Å². The standard InChI is InChI=1S/C29H39N3O4S/c1-28(2,27-31-29(3,4)18-35-27)17-34-26-24(37-21-13-9-6-10-14-21)23(36-32-26)25(33)30-22-16-20(22)15-19-11-7-5-8-12-19/h6,9-10,13-14,19-20,22H,5,7-8,11-12,15-18H2,1-4H3,(H,30,33). The summed E-state index contributed by atoms with van der Waals surface area (Å²) < 4.78 is 17.6. The Balaban J connectivity index is 1.27. The van der Waals surface area contributed by atoms with Gasteiger partial charge in [-0.05, 0) is 69.7 Å². The van der Waals surface area contributed by atoms with Crippen molar-refractivity contribution in [2.75, 3.05) is 13.2 Å². The molecule has 3 aliphatic rings. The fourth-order valence-electron chi connectivity index (χ4n) is 5.21. The average Bonchev–Trinajstić information content (AvgIpc) is 3.28. The molecule has 8 heteroatoms. The topological polar surface area (TPSA) is 86.0 Å². The molecule has 1 aliphatic heterocycles. The molecule has 2 fully saturated rings. The molecule has 200 valence electrons. The number of hydrogen-bond donors (Lipinski definition) is 1. The van der Waals surface area contributed by atoms with Crippen LogP contribution in [0, 0.1) is 17.3 Å². The van der Waals surface area contributed by atoms with Gasteiger partial charge in [-0.2, -0.15) is 0 Å². The Morgan fingerprint density at radius 2 is 1.95 bits per heavy atom. The summed E-state index contributed by atoms with van der Waals surface area (Å²) in [4.78, 5) is 19.6. The summed E-state index contributed by atoms with van der Waals surface area (Å²) in [5.41, 5.74) is -0.693. The zero-order chi connectivity index (χ0) is 26.0. The first-order valence-electron chi connectivity index (χ1n) is 13.6. The third-order valence-electron chi connectivity index (χ3n) is 7.50. The second-order valence-corrected chi connectivity index (χ2v) is 13.2. The number of carbonyl (C=O) groups excluding carboxylic acids is 1. The minimum Gasteiger partial charge on any atom is -0.478 e. The molecule has 1 N–H and O–H groups in total. The highest BCUT2D eigenvalue weighted by molar-refractivity contribution is 7.99. The van der Waals surface area contributed by atoms with E-state index in [0.717, 1.165) is 17.2 Å². The number of ether oxygens (including phenoxy) is 2. The van der Waals surface area contributed by atoms with Crippen molar-refractivity contribution < 1.29 is 18.8 Å². The van der Waals surface area contributed by atoms with Gasteiger partial charge in [-0.3, -0.25) is 4.79 Å². The number of nitrogens with zero attached hydrogens (tertiary/aromatic N) is 2. The van der Waals surface area contributed by atoms with Gasteiger partial charge in [-0.15, -0.1) is 0 Å². The minimum absolute atomic E-state index is 0.209. The summed E-state index contributed by atoms with van der Waals surface area (Å²) in [6, 6.07) is 10.1. The zero-order valence-corrected chi connectivity index (χ0v) is 23.2. The molecule has 0 bridgehead atoms. The maximum atomic E-state index is 13.3. The van der Waals surface area contributed by atoms with Gasteiger partial charge in [0.25, 0.3) is 11.8 Å². The van der Waals surface area contributed by atoms with Crippen molar-refractivity contribution in [3.8, 4) is 5.88 Å². The fourth-order valence-corrected chi connectivity index (χ4v) is 6.15. The Morgan fingerprint density at radius 3 is 2.65 bits per heavy atom. The van der Waals surface area contributed by atoms with Crippen LogP contribution in [0.3, 0.4) is 0 Å². The van der Waals surface area contributed by atoms with Gasteiger partial charge in [0.1, 0.15) is 18.1 Å². The largest absolute Gasteiger partial charge is 0.478 e. The predicted octanol–water partition coefficient (Wildman–Crippen LogP) is 6.53. The first-order valence-corrected chi connectivity index (χ1v) is 14.4. The van der Waals surface area contributed by atoms with E-state index >= 15 is 0 Å². The minimum atomic E-state index is -0.454. The van der Waals surface area contributed by atoms with Crippen LogP contribution in [0.5, 0.6) is 5.88 Å². The van der Waals surface area contributed by atoms with Crippen LogP contribution in [-0.2, 0) is 4.74 Å². The predicted molar refractivity (Wildman–Crippen MR) is 144 cm³/mol. The van der Waals surface area contributed by atoms with Crippen LogP contribution >= 0.6 is 11.8 Å². The highest BCUT2D eigenvalue weighted by Gasteiger charge is 2.41. The van der Waals surface area contributed by atoms with Crippen LogP contribution in [0.2, 0.25) is 0 Å². The Morgan fingerprint density at radius 1 is 1.19 bits per heavy atom. The van der Waals surface area contributed by atoms with E-state index in [1.807, 2.05) is 58.0 Å². The highest BCUT2D eigenvalue weighted by Crippen LogP contribution is 2.42. The number of aliphatic imine (C=N–C) groups is 1. The molecule has 2 heterocycles. The fraction of sp³-hybridized carbons (Fsp3) is 0.621. The smallest absolute Gasteiger partial charge is 0.291 e. The Bertz CT molecular complexity index is 1120. The second kappa shape index (κ2) is 10.7. The molecule has 7 nitrogen and oxygen atoms in total. The van der Waals surface area contributed by atoms with Gasteiger partial charge in [0.2, 0.25) is 5.76 Å². The first kappa shape index (κ1) is 26.1. The van der Waals surface area contributed by atoms with Gasteiger partial charge in [0.15, 0.2) is 5.90 Å². The van der Waals surface area contributed by atoms with Crippen LogP contribution in [-0.4, -0.2) is 41.8 Å². The molecule has 5 rings (SSSR count). The molecular formula is C29H39N3O4S. The van der Waals surface area contributed by atoms with Crippen molar-refractivity contribution in [1.82, 2.24) is 10.5 Å². The number of aromatic nitrogens is 1. The number of benzene rings is 1. The van der Waals surface area contributed by atoms with Crippen LogP contribution in [0.4, 0.5) is 0 Å². The molecule has 2 atom stereocenters. The van der Waals surface area contributed by atoms with Crippen molar-refractivity contribution >= 4 is 23.6 Å². The summed E-state index contributed by atoms with van der Waals surface area (Å²) in [5.74, 6) is 2.38. The lowest BCUT2D eigenvalue weighted by Crippen LogP contribution is -2.31. The van der Waals surface area contributed by atoms with Gasteiger partial charge >= 0.3 is 0 Å². The van der Waals surface area contributed by atoms with E-state index in [2.05, 4.69) is 10.5 Å². The van der Waals surface area contributed by atoms with Crippen molar-refractivity contribution in [1.29, 1.82) is 0 Å². The molecule has 1 amide bonds. The van der Waals surface area contributed by atoms with Crippen LogP contribution in [0.25, 0.3) is 0 Å². The summed E-state index contributed by atoms with van der Waals surface area (Å²) in [6.07, 6.45) is 9.02. The Labute approximate surface area is 224 Å². The molecule has 1 aromatic carbocycles. The summed E-state index contributed by atoms with van der Waals surface area (Å²) in [5, 5.41) is 7.37. The third kappa shape index (κ3) is 6.51. The molecular weight excluding hydrogens is 486 g/mol. The van der Waals surface area contributed by atoms with Gasteiger partial charge in [-0.25, -0.2) is 4.99 Å². The second-order valence-electron chi connectivity index (χ2n) is 12.1. The molecule has 2 aromatic rings. The average molecular weight is 526 g/mol. The van der Waals surface area contributed by atoms with E-state index in [1.165, 1.54) is 50.3 Å². The van der Waals surface area contributed by atoms with Crippen LogP contribution < -0.4 is 10.1 Å². The van der Waals surface area contributed by atoms with Gasteiger partial charge in [0.05, 0.1) is 11.0 Å². The molecule has 2 saturated carbocycles. The molecule has 0 radical (unpaired) electrons. The third-order valence-corrected chi connectivity index (χ3v) is 8.58. The van der Waals surface area contributed by atoms with Crippen LogP contribution in [0.15, 0.2) is 49.6 Å². The number of carbonyl (C=O) groups is 1. The normalized spacial score (nSPS) is 23.3. The zero-order valence-electron chi connectivity index (χ0n) is 22.4. The van der Waals surface area contributed by atoms with Gasteiger partial charge in [-0.1, -0.05) is 62.1 Å². The lowest BCUT2D eigenvalue weighted by Gasteiger charge is -2.23. The van der Waals surface area contributed by atoms with E-state index in [-0.39, 0.29) is 23.2 Å². The molecule has 37 heavy (non-hydrogen) atoms. The lowest BCUT2D eigenvalue weighted by molar-refractivity contribution is 0.0906. The quantitative estimate of drug-likeness (QED) is 0.380. The molecule has 2 aliphatic carbocycles. The molecule has 0 saturated heterocycles. The van der Waals surface area contributed by atoms with Gasteiger partial charge < -0.3 is 19.3 Å². The summed E-state index contributed by atoms with van der Waals surface area (Å²) in [7, 11) is 0. The van der Waals surface area contributed by atoms with Crippen molar-refractivity contribution in [2.24, 2.45) is 22.2 Å². The van der Waals surface area contributed by atoms with E-state index in [1.54, 1.807) is 0 Å². The molecule has 0 spiro atoms. The van der Waals surface area contributed by atoms with Crippen LogP contribution in [0.1, 0.15) is 83.2 Å². The maximum absolute atomic E-state index is 13.3. The Hall–Kier alpha value is -2.48. The number of amides is 1. The first-order chi connectivity index (χ1) is 17.7. The maximum Gasteiger partial charge on any atom is 0.291 e. The van der Waals surface area contributed by atoms with E-state index in [9.17, 15) is 4.79 Å². The lowest BCUT2D eigenvalue weighted by atomic mass is 9.85. The summed E-state index contributed by atoms with van der Waals surface area (Å²) >= 11 is 1.43. The van der Waals surface area contributed by atoms with Gasteiger partial charge in [0, 0.05) is 10.9 Å². The number of hydrogen-bond acceptors (Lipinski definition) is 7. The number of nitrogens with one attached hydrogen (secondary N) is 1. The highest BCUT2D eigenvalue weighted by atomic mass is 32.2. The SMILES string of the molecule is CC1(C)COC(C(C)(C)COc2noc(C(=O)NC3CC3CC3CCCCC3)c2Sc2ccccc2)=N1. The van der Waals surface area contributed by atoms with E-state index in [4.69, 9.17) is 19.0 Å². The van der Waals surface area contributed by atoms with Crippen molar-refractivity contribution in [3.63, 3.8) is 0 Å². The Kier molecular flexibility index (Phi) is 7.57. The summed E-state index contributed by atoms with van der Waals surface area (Å²) in [6.45, 7) is 9.01. The monoisotopic (exact) mass is 525 g/mol.